The minimum atomic E-state index is -0.737. The summed E-state index contributed by atoms with van der Waals surface area (Å²) in [6, 6.07) is 10.6. The Hall–Kier alpha value is -2.38. The summed E-state index contributed by atoms with van der Waals surface area (Å²) < 4.78 is 37.1. The first-order valence-corrected chi connectivity index (χ1v) is 12.6. The van der Waals surface area contributed by atoms with E-state index < -0.39 is 21.2 Å². The Kier molecular flexibility index (Phi) is 9.49. The number of hydrogen-bond donors (Lipinski definition) is 0. The normalized spacial score (nSPS) is 12.2. The van der Waals surface area contributed by atoms with Gasteiger partial charge in [-0.1, -0.05) is 39.0 Å². The summed E-state index contributed by atoms with van der Waals surface area (Å²) in [5.74, 6) is 0.440. The number of aryl methyl sites for hydroxylation is 1. The van der Waals surface area contributed by atoms with Crippen molar-refractivity contribution in [3.8, 4) is 11.5 Å². The van der Waals surface area contributed by atoms with Crippen LogP contribution in [0.1, 0.15) is 64.7 Å². The molecule has 0 aliphatic rings. The van der Waals surface area contributed by atoms with Gasteiger partial charge in [-0.05, 0) is 55.5 Å². The molecule has 0 saturated carbocycles. The van der Waals surface area contributed by atoms with E-state index in [1.807, 2.05) is 18.2 Å². The molecule has 0 radical (unpaired) electrons. The molecular formula is C26H37FO5Si. The third kappa shape index (κ3) is 8.48. The maximum atomic E-state index is 14.4. The quantitative estimate of drug-likeness (QED) is 0.318. The predicted molar refractivity (Wildman–Crippen MR) is 131 cm³/mol. The molecule has 0 aliphatic heterocycles. The van der Waals surface area contributed by atoms with Gasteiger partial charge in [-0.2, -0.15) is 0 Å². The zero-order chi connectivity index (χ0) is 24.6. The Labute approximate surface area is 199 Å². The first-order valence-electron chi connectivity index (χ1n) is 11.3. The van der Waals surface area contributed by atoms with Crippen LogP contribution in [0.2, 0.25) is 5.04 Å². The van der Waals surface area contributed by atoms with Gasteiger partial charge in [0.2, 0.25) is 0 Å². The van der Waals surface area contributed by atoms with E-state index in [9.17, 15) is 9.18 Å². The van der Waals surface area contributed by atoms with Crippen LogP contribution in [0.15, 0.2) is 36.4 Å². The van der Waals surface area contributed by atoms with Crippen molar-refractivity contribution in [3.05, 3.63) is 58.9 Å². The van der Waals surface area contributed by atoms with Gasteiger partial charge in [-0.3, -0.25) is 4.79 Å². The van der Waals surface area contributed by atoms with Crippen LogP contribution >= 0.6 is 0 Å². The van der Waals surface area contributed by atoms with E-state index in [4.69, 9.17) is 18.6 Å². The highest BCUT2D eigenvalue weighted by Gasteiger charge is 2.27. The van der Waals surface area contributed by atoms with Crippen LogP contribution in [-0.2, 0) is 32.6 Å². The Morgan fingerprint density at radius 1 is 1.06 bits per heavy atom. The molecule has 5 nitrogen and oxygen atoms in total. The monoisotopic (exact) mass is 476 g/mol. The molecule has 0 atom stereocenters. The molecule has 0 saturated heterocycles. The van der Waals surface area contributed by atoms with E-state index in [2.05, 4.69) is 34.6 Å². The van der Waals surface area contributed by atoms with Crippen molar-refractivity contribution >= 4 is 15.7 Å². The van der Waals surface area contributed by atoms with E-state index in [1.54, 1.807) is 26.2 Å². The Morgan fingerprint density at radius 2 is 1.79 bits per heavy atom. The minimum Gasteiger partial charge on any atom is -0.496 e. The number of halogens is 1. The number of esters is 1. The first kappa shape index (κ1) is 26.9. The summed E-state index contributed by atoms with van der Waals surface area (Å²) >= 11 is 0. The second-order valence-electron chi connectivity index (χ2n) is 9.74. The standard InChI is InChI=1S/C26H37FO5Si/c1-8-30-24(28)14-11-19-10-12-20(16-22(19)27)31-17-18-9-13-21(23(15-18)29-7)26(5,6)32-33-25(2,3)4/h9-10,12-13,15-16H,8,11,14,17,33H2,1-7H3. The highest BCUT2D eigenvalue weighted by atomic mass is 28.2. The van der Waals surface area contributed by atoms with Crippen LogP contribution in [-0.4, -0.2) is 29.4 Å². The van der Waals surface area contributed by atoms with Crippen LogP contribution < -0.4 is 9.47 Å². The lowest BCUT2D eigenvalue weighted by Gasteiger charge is -2.31. The average molecular weight is 477 g/mol. The van der Waals surface area contributed by atoms with Crippen molar-refractivity contribution in [1.82, 2.24) is 0 Å². The van der Waals surface area contributed by atoms with Crippen LogP contribution in [0.3, 0.4) is 0 Å². The third-order valence-electron chi connectivity index (χ3n) is 5.11. The number of hydrogen-bond acceptors (Lipinski definition) is 5. The van der Waals surface area contributed by atoms with E-state index in [0.717, 1.165) is 16.9 Å². The molecule has 0 spiro atoms. The summed E-state index contributed by atoms with van der Waals surface area (Å²) in [4.78, 5) is 11.5. The number of carbonyl (C=O) groups is 1. The first-order chi connectivity index (χ1) is 15.4. The van der Waals surface area contributed by atoms with Crippen LogP contribution in [0.4, 0.5) is 4.39 Å². The van der Waals surface area contributed by atoms with Crippen molar-refractivity contribution in [2.75, 3.05) is 13.7 Å². The second-order valence-corrected chi connectivity index (χ2v) is 12.4. The minimum absolute atomic E-state index is 0.148. The molecule has 0 bridgehead atoms. The number of carbonyl (C=O) groups excluding carboxylic acids is 1. The van der Waals surface area contributed by atoms with Crippen molar-refractivity contribution < 1.29 is 27.8 Å². The fourth-order valence-corrected chi connectivity index (χ4v) is 4.20. The molecule has 33 heavy (non-hydrogen) atoms. The molecule has 7 heteroatoms. The topological polar surface area (TPSA) is 54.0 Å². The lowest BCUT2D eigenvalue weighted by Crippen LogP contribution is -2.28. The fourth-order valence-electron chi connectivity index (χ4n) is 3.25. The lowest BCUT2D eigenvalue weighted by molar-refractivity contribution is -0.143. The van der Waals surface area contributed by atoms with Gasteiger partial charge in [0, 0.05) is 18.1 Å². The van der Waals surface area contributed by atoms with E-state index >= 15 is 0 Å². The zero-order valence-electron chi connectivity index (χ0n) is 20.9. The smallest absolute Gasteiger partial charge is 0.306 e. The van der Waals surface area contributed by atoms with Crippen LogP contribution in [0, 0.1) is 5.82 Å². The number of methoxy groups -OCH3 is 1. The van der Waals surface area contributed by atoms with Crippen molar-refractivity contribution in [2.24, 2.45) is 0 Å². The molecule has 2 aromatic rings. The molecule has 0 aliphatic carbocycles. The molecule has 0 heterocycles. The van der Waals surface area contributed by atoms with Gasteiger partial charge in [0.15, 0.2) is 9.76 Å². The van der Waals surface area contributed by atoms with Crippen LogP contribution in [0.25, 0.3) is 0 Å². The summed E-state index contributed by atoms with van der Waals surface area (Å²) in [5, 5.41) is 0.196. The van der Waals surface area contributed by atoms with Crippen molar-refractivity contribution in [1.29, 1.82) is 0 Å². The molecule has 0 fully saturated rings. The highest BCUT2D eigenvalue weighted by molar-refractivity contribution is 6.31. The third-order valence-corrected chi connectivity index (χ3v) is 6.85. The summed E-state index contributed by atoms with van der Waals surface area (Å²) in [6.45, 7) is 13.1. The van der Waals surface area contributed by atoms with E-state index in [0.29, 0.717) is 24.3 Å². The molecule has 0 amide bonds. The van der Waals surface area contributed by atoms with E-state index in [1.165, 1.54) is 6.07 Å². The van der Waals surface area contributed by atoms with Crippen molar-refractivity contribution in [3.63, 3.8) is 0 Å². The van der Waals surface area contributed by atoms with E-state index in [-0.39, 0.29) is 24.0 Å². The maximum Gasteiger partial charge on any atom is 0.306 e. The van der Waals surface area contributed by atoms with Crippen LogP contribution in [0.5, 0.6) is 11.5 Å². The van der Waals surface area contributed by atoms with Gasteiger partial charge in [-0.15, -0.1) is 0 Å². The SMILES string of the molecule is CCOC(=O)CCc1ccc(OCc2ccc(C(C)(C)O[SiH2]C(C)(C)C)c(OC)c2)cc1F. The van der Waals surface area contributed by atoms with Gasteiger partial charge >= 0.3 is 5.97 Å². The number of rotatable bonds is 11. The molecule has 0 aromatic heterocycles. The Balaban J connectivity index is 2.04. The highest BCUT2D eigenvalue weighted by Crippen LogP contribution is 2.35. The summed E-state index contributed by atoms with van der Waals surface area (Å²) in [7, 11) is 0.907. The van der Waals surface area contributed by atoms with Gasteiger partial charge in [0.05, 0.1) is 19.3 Å². The average Bonchev–Trinajstić information content (AvgIpc) is 2.75. The summed E-state index contributed by atoms with van der Waals surface area (Å²) in [6.07, 6.45) is 0.439. The molecule has 2 aromatic carbocycles. The van der Waals surface area contributed by atoms with Gasteiger partial charge in [0.1, 0.15) is 23.9 Å². The Bertz CT molecular complexity index is 937. The predicted octanol–water partition coefficient (Wildman–Crippen LogP) is 5.46. The molecule has 182 valence electrons. The Morgan fingerprint density at radius 3 is 2.39 bits per heavy atom. The fraction of sp³-hybridized carbons (Fsp3) is 0.500. The molecule has 0 unspecified atom stereocenters. The lowest BCUT2D eigenvalue weighted by atomic mass is 9.96. The molecule has 0 N–H and O–H groups in total. The second kappa shape index (κ2) is 11.7. The molecule has 2 rings (SSSR count). The number of benzene rings is 2. The largest absolute Gasteiger partial charge is 0.496 e. The zero-order valence-corrected chi connectivity index (χ0v) is 22.3. The molecular weight excluding hydrogens is 439 g/mol. The maximum absolute atomic E-state index is 14.4. The van der Waals surface area contributed by atoms with Gasteiger partial charge in [0.25, 0.3) is 0 Å². The summed E-state index contributed by atoms with van der Waals surface area (Å²) in [5.41, 5.74) is 1.91. The number of ether oxygens (including phenoxy) is 3. The van der Waals surface area contributed by atoms with Crippen molar-refractivity contribution in [2.45, 2.75) is 71.6 Å². The van der Waals surface area contributed by atoms with Gasteiger partial charge < -0.3 is 18.6 Å². The van der Waals surface area contributed by atoms with Gasteiger partial charge in [-0.25, -0.2) is 4.39 Å².